The van der Waals surface area contributed by atoms with Crippen molar-refractivity contribution in [1.29, 1.82) is 0 Å². The predicted octanol–water partition coefficient (Wildman–Crippen LogP) is 7.17. The highest BCUT2D eigenvalue weighted by Crippen LogP contribution is 2.33. The molecule has 4 heterocycles. The van der Waals surface area contributed by atoms with E-state index >= 15 is 0 Å². The number of carbonyl (C=O) groups excluding carboxylic acids is 3. The van der Waals surface area contributed by atoms with Crippen LogP contribution in [0.25, 0.3) is 5.65 Å². The Morgan fingerprint density at radius 2 is 1.58 bits per heavy atom. The Morgan fingerprint density at radius 1 is 0.900 bits per heavy atom. The monoisotopic (exact) mass is 692 g/mol. The first kappa shape index (κ1) is 36.7. The summed E-state index contributed by atoms with van der Waals surface area (Å²) in [4.78, 5) is 49.8. The number of anilines is 1. The number of hydrogen-bond donors (Lipinski definition) is 0. The molecule has 5 rings (SSSR count). The smallest absolute Gasteiger partial charge is 0.416 e. The zero-order valence-electron chi connectivity index (χ0n) is 30.7. The lowest BCUT2D eigenvalue weighted by molar-refractivity contribution is 0.0200. The van der Waals surface area contributed by atoms with Crippen LogP contribution in [0.2, 0.25) is 0 Å². The van der Waals surface area contributed by atoms with E-state index < -0.39 is 23.4 Å². The Bertz CT molecular complexity index is 1640. The number of amides is 3. The fourth-order valence-corrected chi connectivity index (χ4v) is 6.14. The number of nitrogens with zero attached hydrogens (tertiary/aromatic N) is 6. The van der Waals surface area contributed by atoms with Crippen LogP contribution in [-0.2, 0) is 20.8 Å². The second-order valence-electron chi connectivity index (χ2n) is 15.4. The molecule has 2 aliphatic rings. The minimum absolute atomic E-state index is 0.0969. The minimum atomic E-state index is -0.758. The van der Waals surface area contributed by atoms with Crippen LogP contribution >= 0.6 is 0 Å². The van der Waals surface area contributed by atoms with Gasteiger partial charge in [0.25, 0.3) is 0 Å². The molecule has 0 radical (unpaired) electrons. The minimum Gasteiger partial charge on any atom is -0.472 e. The third-order valence-corrected chi connectivity index (χ3v) is 8.53. The van der Waals surface area contributed by atoms with Gasteiger partial charge in [0.05, 0.1) is 12.7 Å². The molecule has 0 unspecified atom stereocenters. The lowest BCUT2D eigenvalue weighted by Crippen LogP contribution is -2.51. The van der Waals surface area contributed by atoms with Gasteiger partial charge >= 0.3 is 18.3 Å². The third-order valence-electron chi connectivity index (χ3n) is 8.53. The van der Waals surface area contributed by atoms with Crippen molar-refractivity contribution in [3.05, 3.63) is 53.7 Å². The molecule has 2 fully saturated rings. The van der Waals surface area contributed by atoms with Gasteiger partial charge in [-0.2, -0.15) is 14.6 Å². The van der Waals surface area contributed by atoms with E-state index in [0.29, 0.717) is 56.4 Å². The normalized spacial score (nSPS) is 17.5. The molecular formula is C37H52N6O7. The van der Waals surface area contributed by atoms with Gasteiger partial charge in [-0.3, -0.25) is 4.90 Å². The molecule has 1 aromatic carbocycles. The number of carbonyl (C=O) groups is 3. The standard InChI is InChI=1S/C37H52N6O7/c1-25(2)29-22-38-43-31(42(35(46)50-37(6,7)8)27-16-19-40(20-17-27)34(45)49-36(3,4)5)21-30(39-32(29)43)48-28-15-12-18-41(23-28)33(44)47-24-26-13-10-9-11-14-26/h9-11,13-14,21-22,25,27-28H,12,15-20,23-24H2,1-8H3/t28-/m1/s1. The number of rotatable bonds is 7. The number of fused-ring (bicyclic) bond motifs is 1. The second-order valence-corrected chi connectivity index (χ2v) is 15.4. The Labute approximate surface area is 294 Å². The summed E-state index contributed by atoms with van der Waals surface area (Å²) in [6, 6.07) is 11.0. The number of piperidine rings is 2. The molecule has 0 saturated carbocycles. The Balaban J connectivity index is 1.42. The van der Waals surface area contributed by atoms with Gasteiger partial charge in [0.1, 0.15) is 29.7 Å². The van der Waals surface area contributed by atoms with Crippen LogP contribution < -0.4 is 9.64 Å². The van der Waals surface area contributed by atoms with E-state index in [1.807, 2.05) is 71.9 Å². The lowest BCUT2D eigenvalue weighted by Gasteiger charge is -2.39. The maximum absolute atomic E-state index is 14.1. The average Bonchev–Trinajstić information content (AvgIpc) is 3.48. The topological polar surface area (TPSA) is 128 Å². The molecule has 272 valence electrons. The SMILES string of the molecule is CC(C)c1cnn2c(N(C(=O)OC(C)(C)C)C3CCN(C(=O)OC(C)(C)C)CC3)cc(O[C@@H]3CCCN(C(=O)OCc4ccccc4)C3)nc12. The molecular weight excluding hydrogens is 640 g/mol. The van der Waals surface area contributed by atoms with Gasteiger partial charge in [0.2, 0.25) is 5.88 Å². The van der Waals surface area contributed by atoms with E-state index in [1.165, 1.54) is 0 Å². The largest absolute Gasteiger partial charge is 0.472 e. The summed E-state index contributed by atoms with van der Waals surface area (Å²) in [6.07, 6.45) is 2.60. The molecule has 13 heteroatoms. The third kappa shape index (κ3) is 9.36. The summed E-state index contributed by atoms with van der Waals surface area (Å²) in [7, 11) is 0. The molecule has 0 N–H and O–H groups in total. The van der Waals surface area contributed by atoms with Crippen LogP contribution in [-0.4, -0.2) is 92.2 Å². The summed E-state index contributed by atoms with van der Waals surface area (Å²) in [5.41, 5.74) is 1.02. The first-order chi connectivity index (χ1) is 23.6. The van der Waals surface area contributed by atoms with Crippen molar-refractivity contribution in [3.8, 4) is 5.88 Å². The maximum Gasteiger partial charge on any atom is 0.416 e. The van der Waals surface area contributed by atoms with E-state index in [-0.39, 0.29) is 30.8 Å². The molecule has 2 aromatic heterocycles. The van der Waals surface area contributed by atoms with Gasteiger partial charge in [-0.05, 0) is 78.7 Å². The second kappa shape index (κ2) is 15.1. The Hall–Kier alpha value is -4.55. The molecule has 3 amide bonds. The quantitative estimate of drug-likeness (QED) is 0.237. The van der Waals surface area contributed by atoms with E-state index in [1.54, 1.807) is 31.5 Å². The molecule has 3 aromatic rings. The Morgan fingerprint density at radius 3 is 2.22 bits per heavy atom. The Kier molecular flexibility index (Phi) is 11.1. The summed E-state index contributed by atoms with van der Waals surface area (Å²) in [5.74, 6) is 0.871. The van der Waals surface area contributed by atoms with E-state index in [2.05, 4.69) is 18.9 Å². The van der Waals surface area contributed by atoms with Crippen LogP contribution in [0.3, 0.4) is 0 Å². The van der Waals surface area contributed by atoms with Crippen molar-refractivity contribution in [2.45, 2.75) is 117 Å². The van der Waals surface area contributed by atoms with Crippen LogP contribution in [0.1, 0.15) is 98.1 Å². The highest BCUT2D eigenvalue weighted by Gasteiger charge is 2.37. The van der Waals surface area contributed by atoms with Crippen LogP contribution in [0.4, 0.5) is 20.2 Å². The van der Waals surface area contributed by atoms with Gasteiger partial charge in [-0.1, -0.05) is 44.2 Å². The van der Waals surface area contributed by atoms with Crippen LogP contribution in [0.5, 0.6) is 5.88 Å². The fraction of sp³-hybridized carbons (Fsp3) is 0.595. The summed E-state index contributed by atoms with van der Waals surface area (Å²) in [5, 5.41) is 4.68. The van der Waals surface area contributed by atoms with E-state index in [9.17, 15) is 14.4 Å². The van der Waals surface area contributed by atoms with E-state index in [0.717, 1.165) is 24.0 Å². The van der Waals surface area contributed by atoms with Crippen molar-refractivity contribution in [3.63, 3.8) is 0 Å². The van der Waals surface area contributed by atoms with Crippen molar-refractivity contribution >= 4 is 29.7 Å². The average molecular weight is 693 g/mol. The number of aromatic nitrogens is 3. The van der Waals surface area contributed by atoms with Gasteiger partial charge in [0.15, 0.2) is 5.65 Å². The zero-order chi connectivity index (χ0) is 36.2. The van der Waals surface area contributed by atoms with Crippen LogP contribution in [0.15, 0.2) is 42.6 Å². The number of likely N-dealkylation sites (tertiary alicyclic amines) is 2. The summed E-state index contributed by atoms with van der Waals surface area (Å²) in [6.45, 7) is 17.0. The van der Waals surface area contributed by atoms with Crippen molar-refractivity contribution < 1.29 is 33.3 Å². The van der Waals surface area contributed by atoms with Crippen molar-refractivity contribution in [1.82, 2.24) is 24.4 Å². The van der Waals surface area contributed by atoms with Gasteiger partial charge < -0.3 is 28.7 Å². The zero-order valence-corrected chi connectivity index (χ0v) is 30.7. The first-order valence-electron chi connectivity index (χ1n) is 17.6. The molecule has 1 atom stereocenters. The van der Waals surface area contributed by atoms with Crippen molar-refractivity contribution in [2.75, 3.05) is 31.1 Å². The van der Waals surface area contributed by atoms with Gasteiger partial charge in [-0.25, -0.2) is 14.4 Å². The molecule has 0 aliphatic carbocycles. The van der Waals surface area contributed by atoms with Crippen LogP contribution in [0, 0.1) is 0 Å². The van der Waals surface area contributed by atoms with Gasteiger partial charge in [-0.15, -0.1) is 0 Å². The lowest BCUT2D eigenvalue weighted by atomic mass is 10.0. The molecule has 0 bridgehead atoms. The number of benzene rings is 1. The first-order valence-corrected chi connectivity index (χ1v) is 17.6. The molecule has 0 spiro atoms. The highest BCUT2D eigenvalue weighted by molar-refractivity contribution is 5.88. The molecule has 13 nitrogen and oxygen atoms in total. The van der Waals surface area contributed by atoms with Gasteiger partial charge in [0, 0.05) is 37.3 Å². The highest BCUT2D eigenvalue weighted by atomic mass is 16.6. The molecule has 50 heavy (non-hydrogen) atoms. The molecule has 2 aliphatic heterocycles. The summed E-state index contributed by atoms with van der Waals surface area (Å²) < 4.78 is 25.3. The van der Waals surface area contributed by atoms with Crippen molar-refractivity contribution in [2.24, 2.45) is 0 Å². The number of hydrogen-bond acceptors (Lipinski definition) is 9. The van der Waals surface area contributed by atoms with E-state index in [4.69, 9.17) is 23.9 Å². The summed E-state index contributed by atoms with van der Waals surface area (Å²) >= 11 is 0. The molecule has 2 saturated heterocycles. The maximum atomic E-state index is 14.1. The number of ether oxygens (including phenoxy) is 4. The fourth-order valence-electron chi connectivity index (χ4n) is 6.14. The predicted molar refractivity (Wildman–Crippen MR) is 188 cm³/mol.